The van der Waals surface area contributed by atoms with Crippen molar-refractivity contribution in [3.05, 3.63) is 28.8 Å². The Bertz CT molecular complexity index is 492. The van der Waals surface area contributed by atoms with Gasteiger partial charge in [-0.15, -0.1) is 11.3 Å². The van der Waals surface area contributed by atoms with Gasteiger partial charge in [-0.1, -0.05) is 15.9 Å². The molecule has 15 heavy (non-hydrogen) atoms. The first-order valence-corrected chi connectivity index (χ1v) is 5.97. The normalized spacial score (nSPS) is 12.3. The van der Waals surface area contributed by atoms with E-state index in [4.69, 9.17) is 0 Å². The summed E-state index contributed by atoms with van der Waals surface area (Å²) in [5.74, 6) is 0. The maximum atomic E-state index is 12.4. The summed E-state index contributed by atoms with van der Waals surface area (Å²) in [6, 6.07) is 3.62. The fourth-order valence-electron chi connectivity index (χ4n) is 1.21. The molecular formula is C9H5BrF3NS. The summed E-state index contributed by atoms with van der Waals surface area (Å²) in [4.78, 5) is 4.08. The van der Waals surface area contributed by atoms with E-state index < -0.39 is 11.7 Å². The second-order valence-corrected chi connectivity index (χ2v) is 4.60. The first-order chi connectivity index (χ1) is 7.00. The van der Waals surface area contributed by atoms with Gasteiger partial charge in [0.05, 0.1) is 21.1 Å². The Morgan fingerprint density at radius 3 is 2.67 bits per heavy atom. The summed E-state index contributed by atoms with van der Waals surface area (Å²) in [5, 5.41) is 1.34. The molecule has 0 aliphatic heterocycles. The highest BCUT2D eigenvalue weighted by molar-refractivity contribution is 9.08. The van der Waals surface area contributed by atoms with Gasteiger partial charge in [0.1, 0.15) is 5.01 Å². The van der Waals surface area contributed by atoms with Crippen molar-refractivity contribution in [3.63, 3.8) is 0 Å². The van der Waals surface area contributed by atoms with Gasteiger partial charge in [0.25, 0.3) is 0 Å². The summed E-state index contributed by atoms with van der Waals surface area (Å²) < 4.78 is 37.9. The van der Waals surface area contributed by atoms with Crippen LogP contribution in [0.1, 0.15) is 10.6 Å². The summed E-state index contributed by atoms with van der Waals surface area (Å²) in [6.07, 6.45) is -4.30. The van der Waals surface area contributed by atoms with Gasteiger partial charge in [-0.3, -0.25) is 0 Å². The van der Waals surface area contributed by atoms with E-state index in [2.05, 4.69) is 20.9 Å². The van der Waals surface area contributed by atoms with Crippen LogP contribution in [0, 0.1) is 0 Å². The molecule has 0 saturated heterocycles. The third kappa shape index (κ3) is 2.15. The molecule has 2 rings (SSSR count). The number of halogens is 4. The van der Waals surface area contributed by atoms with E-state index in [1.807, 2.05) is 0 Å². The van der Waals surface area contributed by atoms with E-state index in [1.165, 1.54) is 17.4 Å². The van der Waals surface area contributed by atoms with E-state index in [0.717, 1.165) is 21.8 Å². The number of thiazole rings is 1. The van der Waals surface area contributed by atoms with Crippen molar-refractivity contribution in [1.29, 1.82) is 0 Å². The van der Waals surface area contributed by atoms with Crippen molar-refractivity contribution in [2.75, 3.05) is 0 Å². The minimum atomic E-state index is -4.30. The number of fused-ring (bicyclic) bond motifs is 1. The van der Waals surface area contributed by atoms with E-state index in [9.17, 15) is 13.2 Å². The van der Waals surface area contributed by atoms with Crippen LogP contribution < -0.4 is 0 Å². The summed E-state index contributed by atoms with van der Waals surface area (Å²) in [7, 11) is 0. The lowest BCUT2D eigenvalue weighted by molar-refractivity contribution is -0.137. The van der Waals surface area contributed by atoms with Crippen LogP contribution in [0.25, 0.3) is 10.2 Å². The third-order valence-corrected chi connectivity index (χ3v) is 3.81. The molecule has 0 saturated carbocycles. The standard InChI is InChI=1S/C9H5BrF3NS/c10-4-8-14-6-3-5(9(11,12)13)1-2-7(6)15-8/h1-3H,4H2. The zero-order chi connectivity index (χ0) is 11.1. The maximum Gasteiger partial charge on any atom is 0.416 e. The number of aromatic nitrogens is 1. The van der Waals surface area contributed by atoms with E-state index in [-0.39, 0.29) is 0 Å². The van der Waals surface area contributed by atoms with Crippen LogP contribution >= 0.6 is 27.3 Å². The van der Waals surface area contributed by atoms with E-state index >= 15 is 0 Å². The van der Waals surface area contributed by atoms with Gasteiger partial charge in [0, 0.05) is 0 Å². The minimum absolute atomic E-state index is 0.407. The summed E-state index contributed by atoms with van der Waals surface area (Å²) >= 11 is 4.61. The van der Waals surface area contributed by atoms with Crippen molar-refractivity contribution >= 4 is 37.5 Å². The monoisotopic (exact) mass is 295 g/mol. The third-order valence-electron chi connectivity index (χ3n) is 1.87. The zero-order valence-electron chi connectivity index (χ0n) is 7.31. The molecule has 1 heterocycles. The van der Waals surface area contributed by atoms with Crippen molar-refractivity contribution in [1.82, 2.24) is 4.98 Å². The van der Waals surface area contributed by atoms with Crippen molar-refractivity contribution < 1.29 is 13.2 Å². The molecule has 6 heteroatoms. The Balaban J connectivity index is 2.55. The number of hydrogen-bond acceptors (Lipinski definition) is 2. The average Bonchev–Trinajstić information content (AvgIpc) is 2.57. The molecule has 0 bridgehead atoms. The number of benzene rings is 1. The molecular weight excluding hydrogens is 291 g/mol. The molecule has 0 spiro atoms. The summed E-state index contributed by atoms with van der Waals surface area (Å²) in [6.45, 7) is 0. The molecule has 0 aliphatic carbocycles. The van der Waals surface area contributed by atoms with Crippen molar-refractivity contribution in [2.45, 2.75) is 11.5 Å². The second kappa shape index (κ2) is 3.75. The SMILES string of the molecule is FC(F)(F)c1ccc2sc(CBr)nc2c1. The van der Waals surface area contributed by atoms with Crippen LogP contribution in [0.15, 0.2) is 18.2 Å². The number of rotatable bonds is 1. The van der Waals surface area contributed by atoms with Crippen molar-refractivity contribution in [2.24, 2.45) is 0 Å². The molecule has 1 nitrogen and oxygen atoms in total. The van der Waals surface area contributed by atoms with E-state index in [1.54, 1.807) is 0 Å². The Kier molecular flexibility index (Phi) is 2.72. The molecule has 1 aromatic carbocycles. The number of alkyl halides is 4. The predicted octanol–water partition coefficient (Wildman–Crippen LogP) is 4.21. The smallest absolute Gasteiger partial charge is 0.240 e. The lowest BCUT2D eigenvalue weighted by atomic mass is 10.2. The van der Waals surface area contributed by atoms with Crippen LogP contribution in [0.2, 0.25) is 0 Å². The molecule has 0 N–H and O–H groups in total. The molecule has 0 unspecified atom stereocenters. The van der Waals surface area contributed by atoms with E-state index in [0.29, 0.717) is 10.8 Å². The highest BCUT2D eigenvalue weighted by Gasteiger charge is 2.30. The average molecular weight is 296 g/mol. The van der Waals surface area contributed by atoms with Crippen LogP contribution in [0.3, 0.4) is 0 Å². The lowest BCUT2D eigenvalue weighted by Gasteiger charge is -2.04. The van der Waals surface area contributed by atoms with Gasteiger partial charge in [0.15, 0.2) is 0 Å². The van der Waals surface area contributed by atoms with Gasteiger partial charge >= 0.3 is 6.18 Å². The topological polar surface area (TPSA) is 12.9 Å². The van der Waals surface area contributed by atoms with Gasteiger partial charge in [0.2, 0.25) is 0 Å². The highest BCUT2D eigenvalue weighted by Crippen LogP contribution is 2.33. The Labute approximate surface area is 96.1 Å². The second-order valence-electron chi connectivity index (χ2n) is 2.92. The molecule has 0 atom stereocenters. The largest absolute Gasteiger partial charge is 0.416 e. The predicted molar refractivity (Wildman–Crippen MR) is 57.3 cm³/mol. The van der Waals surface area contributed by atoms with Gasteiger partial charge in [-0.25, -0.2) is 4.98 Å². The Hall–Kier alpha value is -0.620. The lowest BCUT2D eigenvalue weighted by Crippen LogP contribution is -2.03. The quantitative estimate of drug-likeness (QED) is 0.718. The molecule has 0 fully saturated rings. The van der Waals surface area contributed by atoms with Gasteiger partial charge in [-0.05, 0) is 18.2 Å². The molecule has 0 amide bonds. The highest BCUT2D eigenvalue weighted by atomic mass is 79.9. The Morgan fingerprint density at radius 1 is 1.33 bits per heavy atom. The molecule has 1 aromatic heterocycles. The summed E-state index contributed by atoms with van der Waals surface area (Å²) in [5.41, 5.74) is -0.245. The number of nitrogens with zero attached hydrogens (tertiary/aromatic N) is 1. The molecule has 0 radical (unpaired) electrons. The minimum Gasteiger partial charge on any atom is -0.240 e. The van der Waals surface area contributed by atoms with Gasteiger partial charge < -0.3 is 0 Å². The van der Waals surface area contributed by atoms with Crippen molar-refractivity contribution in [3.8, 4) is 0 Å². The molecule has 2 aromatic rings. The molecule has 0 aliphatic rings. The van der Waals surface area contributed by atoms with Crippen LogP contribution in [0.4, 0.5) is 13.2 Å². The zero-order valence-corrected chi connectivity index (χ0v) is 9.71. The van der Waals surface area contributed by atoms with Crippen LogP contribution in [-0.2, 0) is 11.5 Å². The van der Waals surface area contributed by atoms with Crippen LogP contribution in [0.5, 0.6) is 0 Å². The fraction of sp³-hybridized carbons (Fsp3) is 0.222. The fourth-order valence-corrected chi connectivity index (χ4v) is 2.48. The first kappa shape index (κ1) is 10.9. The first-order valence-electron chi connectivity index (χ1n) is 4.03. The number of hydrogen-bond donors (Lipinski definition) is 0. The van der Waals surface area contributed by atoms with Gasteiger partial charge in [-0.2, -0.15) is 13.2 Å². The molecule has 80 valence electrons. The van der Waals surface area contributed by atoms with Crippen LogP contribution in [-0.4, -0.2) is 4.98 Å². The Morgan fingerprint density at radius 2 is 2.07 bits per heavy atom. The maximum absolute atomic E-state index is 12.4.